The Kier molecular flexibility index (Phi) is 5.98. The molecule has 0 saturated carbocycles. The number of nitrogens with two attached hydrogens (primary N) is 1. The van der Waals surface area contributed by atoms with Gasteiger partial charge in [0.1, 0.15) is 17.8 Å². The van der Waals surface area contributed by atoms with Gasteiger partial charge in [0, 0.05) is 25.2 Å². The van der Waals surface area contributed by atoms with Crippen LogP contribution in [0.2, 0.25) is 0 Å². The standard InChI is InChI=1S/C20H25N7O4S/c1-2-32(30,31)24-10-13-5-7-14(8-6-13)17-16-18(21)22-12-23-19(16)27(25-17)15-4-3-9-26(11-15)20(28)29/h5-8,12,15,24H,2-4,9-11H2,1H3,(H,28,29)(H2,21,22,23)/t15-/m1/s1. The summed E-state index contributed by atoms with van der Waals surface area (Å²) in [5, 5.41) is 14.8. The second-order valence-corrected chi connectivity index (χ2v) is 9.79. The molecule has 4 rings (SSSR count). The number of amides is 1. The maximum Gasteiger partial charge on any atom is 0.407 e. The maximum absolute atomic E-state index is 11.7. The van der Waals surface area contributed by atoms with Gasteiger partial charge in [0.05, 0.1) is 17.2 Å². The van der Waals surface area contributed by atoms with Gasteiger partial charge in [-0.05, 0) is 25.3 Å². The minimum absolute atomic E-state index is 0.0221. The lowest BCUT2D eigenvalue weighted by Crippen LogP contribution is -2.40. The van der Waals surface area contributed by atoms with Crippen molar-refractivity contribution < 1.29 is 18.3 Å². The van der Waals surface area contributed by atoms with Gasteiger partial charge in [-0.25, -0.2) is 32.6 Å². The summed E-state index contributed by atoms with van der Waals surface area (Å²) in [5.74, 6) is 0.316. The number of carboxylic acid groups (broad SMARTS) is 1. The van der Waals surface area contributed by atoms with Crippen molar-refractivity contribution in [3.8, 4) is 11.3 Å². The van der Waals surface area contributed by atoms with Crippen LogP contribution in [-0.2, 0) is 16.6 Å². The van der Waals surface area contributed by atoms with Crippen molar-refractivity contribution in [3.63, 3.8) is 0 Å². The lowest BCUT2D eigenvalue weighted by molar-refractivity contribution is 0.120. The van der Waals surface area contributed by atoms with Crippen molar-refractivity contribution in [1.29, 1.82) is 0 Å². The van der Waals surface area contributed by atoms with Crippen molar-refractivity contribution in [2.75, 3.05) is 24.6 Å². The van der Waals surface area contributed by atoms with Crippen molar-refractivity contribution in [3.05, 3.63) is 36.2 Å². The normalized spacial score (nSPS) is 17.0. The van der Waals surface area contributed by atoms with Gasteiger partial charge in [-0.15, -0.1) is 0 Å². The summed E-state index contributed by atoms with van der Waals surface area (Å²) in [6.45, 7) is 2.61. The fourth-order valence-electron chi connectivity index (χ4n) is 3.86. The zero-order chi connectivity index (χ0) is 22.9. The van der Waals surface area contributed by atoms with Crippen LogP contribution in [0.1, 0.15) is 31.4 Å². The highest BCUT2D eigenvalue weighted by molar-refractivity contribution is 7.89. The van der Waals surface area contributed by atoms with Crippen LogP contribution in [0.4, 0.5) is 10.6 Å². The highest BCUT2D eigenvalue weighted by Crippen LogP contribution is 2.33. The smallest absolute Gasteiger partial charge is 0.407 e. The summed E-state index contributed by atoms with van der Waals surface area (Å²) in [6.07, 6.45) is 1.94. The predicted molar refractivity (Wildman–Crippen MR) is 119 cm³/mol. The molecule has 0 unspecified atom stereocenters. The number of nitrogens with one attached hydrogen (secondary N) is 1. The average molecular weight is 460 g/mol. The Bertz CT molecular complexity index is 1240. The molecular weight excluding hydrogens is 434 g/mol. The Balaban J connectivity index is 1.68. The highest BCUT2D eigenvalue weighted by Gasteiger charge is 2.28. The van der Waals surface area contributed by atoms with Crippen molar-refractivity contribution in [2.24, 2.45) is 0 Å². The molecule has 1 fully saturated rings. The van der Waals surface area contributed by atoms with E-state index in [-0.39, 0.29) is 18.3 Å². The molecule has 1 aromatic carbocycles. The zero-order valence-corrected chi connectivity index (χ0v) is 18.4. The summed E-state index contributed by atoms with van der Waals surface area (Å²) in [4.78, 5) is 21.3. The Morgan fingerprint density at radius 3 is 2.72 bits per heavy atom. The first kappa shape index (κ1) is 22.0. The third kappa shape index (κ3) is 4.36. The molecule has 1 atom stereocenters. The number of nitrogen functional groups attached to an aromatic ring is 1. The van der Waals surface area contributed by atoms with E-state index < -0.39 is 16.1 Å². The number of rotatable bonds is 6. The molecule has 32 heavy (non-hydrogen) atoms. The van der Waals surface area contributed by atoms with E-state index in [1.54, 1.807) is 11.6 Å². The molecule has 2 aromatic heterocycles. The number of benzene rings is 1. The van der Waals surface area contributed by atoms with Gasteiger partial charge in [0.25, 0.3) is 0 Å². The summed E-state index contributed by atoms with van der Waals surface area (Å²) in [7, 11) is -3.28. The van der Waals surface area contributed by atoms with Crippen LogP contribution < -0.4 is 10.5 Å². The highest BCUT2D eigenvalue weighted by atomic mass is 32.2. The first-order chi connectivity index (χ1) is 15.3. The van der Waals surface area contributed by atoms with Gasteiger partial charge in [0.2, 0.25) is 10.0 Å². The molecule has 3 heterocycles. The Morgan fingerprint density at radius 2 is 2.03 bits per heavy atom. The zero-order valence-electron chi connectivity index (χ0n) is 17.6. The van der Waals surface area contributed by atoms with Crippen LogP contribution in [0.15, 0.2) is 30.6 Å². The van der Waals surface area contributed by atoms with Gasteiger partial charge in [0.15, 0.2) is 5.65 Å². The number of carbonyl (C=O) groups is 1. The SMILES string of the molecule is CCS(=O)(=O)NCc1ccc(-c2nn([C@@H]3CCCN(C(=O)O)C3)c3ncnc(N)c23)cc1. The number of likely N-dealkylation sites (tertiary alicyclic amines) is 1. The number of anilines is 1. The van der Waals surface area contributed by atoms with Crippen LogP contribution in [0.5, 0.6) is 0 Å². The Labute approximate surface area is 185 Å². The van der Waals surface area contributed by atoms with E-state index in [2.05, 4.69) is 14.7 Å². The number of nitrogens with zero attached hydrogens (tertiary/aromatic N) is 5. The average Bonchev–Trinajstić information content (AvgIpc) is 3.19. The number of sulfonamides is 1. The van der Waals surface area contributed by atoms with Crippen molar-refractivity contribution in [2.45, 2.75) is 32.4 Å². The number of hydrogen-bond acceptors (Lipinski definition) is 7. The van der Waals surface area contributed by atoms with E-state index in [0.29, 0.717) is 35.6 Å². The number of aromatic nitrogens is 4. The summed E-state index contributed by atoms with van der Waals surface area (Å²) >= 11 is 0. The third-order valence-electron chi connectivity index (χ3n) is 5.63. The Hall–Kier alpha value is -3.25. The number of hydrogen-bond donors (Lipinski definition) is 3. The van der Waals surface area contributed by atoms with Gasteiger partial charge in [-0.3, -0.25) is 0 Å². The van der Waals surface area contributed by atoms with E-state index in [4.69, 9.17) is 10.8 Å². The molecule has 4 N–H and O–H groups in total. The minimum atomic E-state index is -3.28. The number of piperidine rings is 1. The first-order valence-corrected chi connectivity index (χ1v) is 12.0. The molecule has 11 nitrogen and oxygen atoms in total. The largest absolute Gasteiger partial charge is 0.465 e. The molecule has 1 amide bonds. The summed E-state index contributed by atoms with van der Waals surface area (Å²) in [5.41, 5.74) is 8.92. The molecule has 12 heteroatoms. The summed E-state index contributed by atoms with van der Waals surface area (Å²) in [6, 6.07) is 7.18. The molecular formula is C20H25N7O4S. The second kappa shape index (κ2) is 8.71. The van der Waals surface area contributed by atoms with Crippen molar-refractivity contribution in [1.82, 2.24) is 29.4 Å². The minimum Gasteiger partial charge on any atom is -0.465 e. The topological polar surface area (TPSA) is 156 Å². The molecule has 0 spiro atoms. The molecule has 170 valence electrons. The monoisotopic (exact) mass is 459 g/mol. The third-order valence-corrected chi connectivity index (χ3v) is 6.98. The lowest BCUT2D eigenvalue weighted by Gasteiger charge is -2.30. The van der Waals surface area contributed by atoms with Gasteiger partial charge < -0.3 is 15.7 Å². The quantitative estimate of drug-likeness (QED) is 0.504. The van der Waals surface area contributed by atoms with Gasteiger partial charge in [-0.1, -0.05) is 24.3 Å². The fraction of sp³-hybridized carbons (Fsp3) is 0.400. The molecule has 1 aliphatic rings. The van der Waals surface area contributed by atoms with Crippen LogP contribution in [0, 0.1) is 0 Å². The lowest BCUT2D eigenvalue weighted by atomic mass is 10.1. The summed E-state index contributed by atoms with van der Waals surface area (Å²) < 4.78 is 27.6. The van der Waals surface area contributed by atoms with Crippen LogP contribution in [0.25, 0.3) is 22.3 Å². The molecule has 0 bridgehead atoms. The van der Waals surface area contributed by atoms with E-state index in [9.17, 15) is 18.3 Å². The molecule has 3 aromatic rings. The predicted octanol–water partition coefficient (Wildman–Crippen LogP) is 1.83. The molecule has 1 saturated heterocycles. The maximum atomic E-state index is 11.7. The molecule has 1 aliphatic heterocycles. The Morgan fingerprint density at radius 1 is 1.28 bits per heavy atom. The van der Waals surface area contributed by atoms with Crippen molar-refractivity contribution >= 4 is 33.0 Å². The van der Waals surface area contributed by atoms with Gasteiger partial charge in [-0.2, -0.15) is 5.10 Å². The van der Waals surface area contributed by atoms with E-state index in [0.717, 1.165) is 24.0 Å². The second-order valence-electron chi connectivity index (χ2n) is 7.70. The fourth-order valence-corrected chi connectivity index (χ4v) is 4.45. The van der Waals surface area contributed by atoms with E-state index >= 15 is 0 Å². The van der Waals surface area contributed by atoms with E-state index in [1.165, 1.54) is 11.2 Å². The van der Waals surface area contributed by atoms with Crippen LogP contribution in [0.3, 0.4) is 0 Å². The molecule has 0 radical (unpaired) electrons. The number of fused-ring (bicyclic) bond motifs is 1. The first-order valence-electron chi connectivity index (χ1n) is 10.3. The van der Waals surface area contributed by atoms with Gasteiger partial charge >= 0.3 is 6.09 Å². The molecule has 0 aliphatic carbocycles. The van der Waals surface area contributed by atoms with Crippen LogP contribution >= 0.6 is 0 Å². The van der Waals surface area contributed by atoms with E-state index in [1.807, 2.05) is 24.3 Å². The van der Waals surface area contributed by atoms with Crippen LogP contribution in [-0.4, -0.2) is 63.1 Å².